The molecule has 1 aliphatic heterocycles. The van der Waals surface area contributed by atoms with Crippen molar-refractivity contribution in [3.8, 4) is 0 Å². The first kappa shape index (κ1) is 11.2. The Balaban J connectivity index is 2.61. The minimum Gasteiger partial charge on any atom is -0.300 e. The van der Waals surface area contributed by atoms with Crippen molar-refractivity contribution in [3.05, 3.63) is 0 Å². The first-order valence-corrected chi connectivity index (χ1v) is 4.88. The molecule has 1 rings (SSSR count). The minimum atomic E-state index is -0.117. The maximum absolute atomic E-state index is 11.6. The molecular formula is C10H18N2O2. The molecule has 0 spiro atoms. The average molecular weight is 198 g/mol. The van der Waals surface area contributed by atoms with Crippen molar-refractivity contribution in [2.24, 2.45) is 0 Å². The molecular weight excluding hydrogens is 180 g/mol. The van der Waals surface area contributed by atoms with Crippen LogP contribution in [0.5, 0.6) is 0 Å². The highest BCUT2D eigenvalue weighted by Crippen LogP contribution is 2.27. The number of carbonyl (C=O) groups excluding carboxylic acids is 2. The Morgan fingerprint density at radius 3 is 2.43 bits per heavy atom. The maximum Gasteiger partial charge on any atom is 0.238 e. The van der Waals surface area contributed by atoms with E-state index in [1.807, 2.05) is 25.9 Å². The van der Waals surface area contributed by atoms with Crippen molar-refractivity contribution >= 4 is 11.7 Å². The Labute approximate surface area is 84.8 Å². The second-order valence-corrected chi connectivity index (χ2v) is 4.48. The molecule has 0 aromatic heterocycles. The second kappa shape index (κ2) is 3.69. The predicted molar refractivity (Wildman–Crippen MR) is 53.5 cm³/mol. The van der Waals surface area contributed by atoms with Gasteiger partial charge in [-0.25, -0.2) is 5.01 Å². The summed E-state index contributed by atoms with van der Waals surface area (Å²) in [5, 5.41) is 3.60. The number of rotatable bonds is 3. The van der Waals surface area contributed by atoms with Gasteiger partial charge in [0.05, 0.1) is 0 Å². The van der Waals surface area contributed by atoms with Gasteiger partial charge in [-0.1, -0.05) is 0 Å². The summed E-state index contributed by atoms with van der Waals surface area (Å²) in [7, 11) is 1.89. The molecule has 0 atom stereocenters. The van der Waals surface area contributed by atoms with Gasteiger partial charge < -0.3 is 0 Å². The summed E-state index contributed by atoms with van der Waals surface area (Å²) in [6.07, 6.45) is 0.966. The summed E-state index contributed by atoms with van der Waals surface area (Å²) < 4.78 is 0. The number of hydrazine groups is 1. The molecule has 1 amide bonds. The Kier molecular flexibility index (Phi) is 2.95. The normalized spacial score (nSPS) is 21.7. The highest BCUT2D eigenvalue weighted by Gasteiger charge is 2.40. The SMILES string of the molecule is CC(=O)CCN1C(=O)CC(C)(C)N1C. The Morgan fingerprint density at radius 2 is 2.07 bits per heavy atom. The smallest absolute Gasteiger partial charge is 0.238 e. The van der Waals surface area contributed by atoms with Crippen LogP contribution in [0.2, 0.25) is 0 Å². The van der Waals surface area contributed by atoms with Gasteiger partial charge >= 0.3 is 0 Å². The molecule has 0 aromatic carbocycles. The molecule has 1 fully saturated rings. The van der Waals surface area contributed by atoms with Crippen LogP contribution in [0.4, 0.5) is 0 Å². The van der Waals surface area contributed by atoms with E-state index in [2.05, 4.69) is 0 Å². The highest BCUT2D eigenvalue weighted by molar-refractivity contribution is 5.80. The lowest BCUT2D eigenvalue weighted by Gasteiger charge is -2.32. The van der Waals surface area contributed by atoms with Crippen LogP contribution in [0.25, 0.3) is 0 Å². The fraction of sp³-hybridized carbons (Fsp3) is 0.800. The van der Waals surface area contributed by atoms with E-state index in [1.54, 1.807) is 11.9 Å². The van der Waals surface area contributed by atoms with Crippen molar-refractivity contribution < 1.29 is 9.59 Å². The van der Waals surface area contributed by atoms with Crippen molar-refractivity contribution in [1.82, 2.24) is 10.0 Å². The molecule has 0 bridgehead atoms. The van der Waals surface area contributed by atoms with Crippen LogP contribution in [-0.2, 0) is 9.59 Å². The summed E-state index contributed by atoms with van der Waals surface area (Å²) in [6, 6.07) is 0. The molecule has 4 nitrogen and oxygen atoms in total. The van der Waals surface area contributed by atoms with Crippen LogP contribution in [-0.4, -0.2) is 40.8 Å². The van der Waals surface area contributed by atoms with E-state index in [1.165, 1.54) is 0 Å². The molecule has 1 heterocycles. The largest absolute Gasteiger partial charge is 0.300 e. The fourth-order valence-electron chi connectivity index (χ4n) is 1.61. The highest BCUT2D eigenvalue weighted by atomic mass is 16.2. The average Bonchev–Trinajstić information content (AvgIpc) is 2.19. The maximum atomic E-state index is 11.6. The molecule has 1 aliphatic rings. The zero-order chi connectivity index (χ0) is 10.9. The number of Topliss-reactive ketones (excluding diaryl/α,β-unsaturated/α-hetero) is 1. The van der Waals surface area contributed by atoms with Crippen molar-refractivity contribution in [3.63, 3.8) is 0 Å². The zero-order valence-corrected chi connectivity index (χ0v) is 9.33. The summed E-state index contributed by atoms with van der Waals surface area (Å²) >= 11 is 0. The number of hydrogen-bond acceptors (Lipinski definition) is 3. The van der Waals surface area contributed by atoms with Gasteiger partial charge in [0.15, 0.2) is 0 Å². The van der Waals surface area contributed by atoms with Crippen molar-refractivity contribution in [1.29, 1.82) is 0 Å². The van der Waals surface area contributed by atoms with Gasteiger partial charge in [-0.05, 0) is 20.8 Å². The molecule has 0 aromatic rings. The van der Waals surface area contributed by atoms with Crippen molar-refractivity contribution in [2.45, 2.75) is 39.2 Å². The van der Waals surface area contributed by atoms with E-state index in [4.69, 9.17) is 0 Å². The number of amides is 1. The van der Waals surface area contributed by atoms with Crippen LogP contribution in [0.15, 0.2) is 0 Å². The Morgan fingerprint density at radius 1 is 1.50 bits per heavy atom. The van der Waals surface area contributed by atoms with Crippen LogP contribution < -0.4 is 0 Å². The van der Waals surface area contributed by atoms with Gasteiger partial charge in [0, 0.05) is 32.0 Å². The molecule has 0 unspecified atom stereocenters. The van der Waals surface area contributed by atoms with Gasteiger partial charge in [-0.3, -0.25) is 14.6 Å². The van der Waals surface area contributed by atoms with Gasteiger partial charge in [-0.15, -0.1) is 0 Å². The minimum absolute atomic E-state index is 0.110. The third-order valence-corrected chi connectivity index (χ3v) is 2.79. The summed E-state index contributed by atoms with van der Waals surface area (Å²) in [6.45, 7) is 6.11. The standard InChI is InChI=1S/C10H18N2O2/c1-8(13)5-6-12-9(14)7-10(2,3)11(12)4/h5-7H2,1-4H3. The predicted octanol–water partition coefficient (Wildman–Crippen LogP) is 0.823. The van der Waals surface area contributed by atoms with Crippen LogP contribution >= 0.6 is 0 Å². The monoisotopic (exact) mass is 198 g/mol. The van der Waals surface area contributed by atoms with E-state index < -0.39 is 0 Å². The first-order valence-electron chi connectivity index (χ1n) is 4.88. The molecule has 14 heavy (non-hydrogen) atoms. The number of ketones is 1. The van der Waals surface area contributed by atoms with E-state index in [-0.39, 0.29) is 17.2 Å². The molecule has 4 heteroatoms. The van der Waals surface area contributed by atoms with Crippen LogP contribution in [0, 0.1) is 0 Å². The van der Waals surface area contributed by atoms with E-state index in [9.17, 15) is 9.59 Å². The third kappa shape index (κ3) is 2.12. The lowest BCUT2D eigenvalue weighted by atomic mass is 10.0. The number of hydrogen-bond donors (Lipinski definition) is 0. The van der Waals surface area contributed by atoms with Crippen molar-refractivity contribution in [2.75, 3.05) is 13.6 Å². The van der Waals surface area contributed by atoms with E-state index in [0.717, 1.165) is 0 Å². The quantitative estimate of drug-likeness (QED) is 0.674. The Hall–Kier alpha value is -0.900. The summed E-state index contributed by atoms with van der Waals surface area (Å²) in [4.78, 5) is 22.4. The lowest BCUT2D eigenvalue weighted by molar-refractivity contribution is -0.138. The molecule has 80 valence electrons. The lowest BCUT2D eigenvalue weighted by Crippen LogP contribution is -2.44. The summed E-state index contributed by atoms with van der Waals surface area (Å²) in [5.74, 6) is 0.231. The number of nitrogens with zero attached hydrogens (tertiary/aromatic N) is 2. The molecule has 1 saturated heterocycles. The van der Waals surface area contributed by atoms with Crippen LogP contribution in [0.1, 0.15) is 33.6 Å². The number of carbonyl (C=O) groups is 2. The van der Waals surface area contributed by atoms with Gasteiger partial charge in [0.1, 0.15) is 5.78 Å². The topological polar surface area (TPSA) is 40.6 Å². The zero-order valence-electron chi connectivity index (χ0n) is 9.33. The van der Waals surface area contributed by atoms with E-state index in [0.29, 0.717) is 19.4 Å². The van der Waals surface area contributed by atoms with Crippen LogP contribution in [0.3, 0.4) is 0 Å². The van der Waals surface area contributed by atoms with Gasteiger partial charge in [0.2, 0.25) is 5.91 Å². The third-order valence-electron chi connectivity index (χ3n) is 2.79. The molecule has 0 radical (unpaired) electrons. The molecule has 0 N–H and O–H groups in total. The second-order valence-electron chi connectivity index (χ2n) is 4.48. The fourth-order valence-corrected chi connectivity index (χ4v) is 1.61. The van der Waals surface area contributed by atoms with Gasteiger partial charge in [0.25, 0.3) is 0 Å². The molecule has 0 saturated carbocycles. The molecule has 0 aliphatic carbocycles. The van der Waals surface area contributed by atoms with E-state index >= 15 is 0 Å². The first-order chi connectivity index (χ1) is 6.34. The van der Waals surface area contributed by atoms with Gasteiger partial charge in [-0.2, -0.15) is 0 Å². The Bertz CT molecular complexity index is 261. The summed E-state index contributed by atoms with van der Waals surface area (Å²) in [5.41, 5.74) is -0.117.